The number of nitrogens with zero attached hydrogens (tertiary/aromatic N) is 1. The summed E-state index contributed by atoms with van der Waals surface area (Å²) >= 11 is 8.97. The molecule has 25 heavy (non-hydrogen) atoms. The minimum atomic E-state index is -0.332. The summed E-state index contributed by atoms with van der Waals surface area (Å²) in [7, 11) is 0. The molecule has 0 spiro atoms. The third kappa shape index (κ3) is 4.02. The normalized spacial score (nSPS) is 16.0. The second-order valence-electron chi connectivity index (χ2n) is 5.12. The van der Waals surface area contributed by atoms with Crippen LogP contribution in [0.25, 0.3) is 6.08 Å². The highest BCUT2D eigenvalue weighted by molar-refractivity contribution is 14.1. The first-order chi connectivity index (χ1) is 12.0. The number of anilines is 1. The Kier molecular flexibility index (Phi) is 5.71. The van der Waals surface area contributed by atoms with Crippen molar-refractivity contribution in [3.63, 3.8) is 0 Å². The number of carbonyl (C=O) groups is 2. The van der Waals surface area contributed by atoms with Crippen LogP contribution in [0.1, 0.15) is 12.5 Å². The fraction of sp³-hybridized carbons (Fsp3) is 0.111. The van der Waals surface area contributed by atoms with E-state index in [0.717, 1.165) is 31.5 Å². The Labute approximate surface area is 168 Å². The SMILES string of the molecule is CCOc1ccc(/C=C2/SC(=O)N(c3ccc(Cl)cc3)C2=O)cc1I. The number of rotatable bonds is 4. The van der Waals surface area contributed by atoms with Gasteiger partial charge in [-0.15, -0.1) is 0 Å². The third-order valence-corrected chi connectivity index (χ3v) is 5.40. The zero-order valence-corrected chi connectivity index (χ0v) is 16.9. The van der Waals surface area contributed by atoms with Crippen LogP contribution >= 0.6 is 46.0 Å². The number of thioether (sulfide) groups is 1. The first-order valence-electron chi connectivity index (χ1n) is 7.45. The number of ether oxygens (including phenoxy) is 1. The molecule has 2 amide bonds. The summed E-state index contributed by atoms with van der Waals surface area (Å²) in [4.78, 5) is 26.4. The lowest BCUT2D eigenvalue weighted by atomic mass is 10.2. The number of halogens is 2. The molecule has 1 saturated heterocycles. The molecule has 0 aromatic heterocycles. The molecule has 4 nitrogen and oxygen atoms in total. The molecule has 0 bridgehead atoms. The molecule has 2 aromatic rings. The van der Waals surface area contributed by atoms with E-state index in [4.69, 9.17) is 16.3 Å². The predicted octanol–water partition coefficient (Wildman–Crippen LogP) is 5.58. The molecule has 0 unspecified atom stereocenters. The van der Waals surface area contributed by atoms with Crippen molar-refractivity contribution < 1.29 is 14.3 Å². The van der Waals surface area contributed by atoms with Crippen molar-refractivity contribution >= 4 is 68.9 Å². The van der Waals surface area contributed by atoms with E-state index in [1.165, 1.54) is 0 Å². The smallest absolute Gasteiger partial charge is 0.298 e. The van der Waals surface area contributed by atoms with E-state index in [2.05, 4.69) is 22.6 Å². The van der Waals surface area contributed by atoms with Gasteiger partial charge in [-0.1, -0.05) is 17.7 Å². The lowest BCUT2D eigenvalue weighted by Crippen LogP contribution is -2.27. The van der Waals surface area contributed by atoms with Gasteiger partial charge in [-0.2, -0.15) is 0 Å². The molecule has 1 aliphatic heterocycles. The Morgan fingerprint density at radius 3 is 2.56 bits per heavy atom. The van der Waals surface area contributed by atoms with Crippen LogP contribution in [-0.4, -0.2) is 17.8 Å². The quantitative estimate of drug-likeness (QED) is 0.419. The summed E-state index contributed by atoms with van der Waals surface area (Å²) in [5.74, 6) is 0.468. The van der Waals surface area contributed by atoms with Gasteiger partial charge >= 0.3 is 0 Å². The molecule has 0 aliphatic carbocycles. The Hall–Kier alpha value is -1.51. The molecule has 128 valence electrons. The van der Waals surface area contributed by atoms with Crippen LogP contribution in [0.2, 0.25) is 5.02 Å². The molecule has 0 saturated carbocycles. The van der Waals surface area contributed by atoms with Crippen molar-refractivity contribution in [3.8, 4) is 5.75 Å². The third-order valence-electron chi connectivity index (χ3n) is 3.43. The number of benzene rings is 2. The first kappa shape index (κ1) is 18.3. The Bertz CT molecular complexity index is 867. The van der Waals surface area contributed by atoms with E-state index < -0.39 is 0 Å². The van der Waals surface area contributed by atoms with Gasteiger partial charge in [0, 0.05) is 5.02 Å². The molecule has 1 aliphatic rings. The average Bonchev–Trinajstić information content (AvgIpc) is 2.85. The van der Waals surface area contributed by atoms with Gasteiger partial charge < -0.3 is 4.74 Å². The number of hydrogen-bond acceptors (Lipinski definition) is 4. The molecular weight excluding hydrogens is 473 g/mol. The van der Waals surface area contributed by atoms with Crippen LogP contribution in [-0.2, 0) is 4.79 Å². The fourth-order valence-electron chi connectivity index (χ4n) is 2.31. The Morgan fingerprint density at radius 2 is 1.92 bits per heavy atom. The fourth-order valence-corrected chi connectivity index (χ4v) is 3.97. The summed E-state index contributed by atoms with van der Waals surface area (Å²) in [6, 6.07) is 12.3. The van der Waals surface area contributed by atoms with E-state index in [-0.39, 0.29) is 11.1 Å². The van der Waals surface area contributed by atoms with E-state index >= 15 is 0 Å². The van der Waals surface area contributed by atoms with Gasteiger partial charge in [-0.3, -0.25) is 9.59 Å². The highest BCUT2D eigenvalue weighted by Gasteiger charge is 2.36. The predicted molar refractivity (Wildman–Crippen MR) is 110 cm³/mol. The van der Waals surface area contributed by atoms with E-state index in [1.807, 2.05) is 25.1 Å². The summed E-state index contributed by atoms with van der Waals surface area (Å²) in [6.45, 7) is 2.52. The molecule has 0 atom stereocenters. The van der Waals surface area contributed by atoms with Crippen LogP contribution in [0.4, 0.5) is 10.5 Å². The van der Waals surface area contributed by atoms with Gasteiger partial charge in [-0.25, -0.2) is 4.90 Å². The van der Waals surface area contributed by atoms with Crippen molar-refractivity contribution in [1.29, 1.82) is 0 Å². The number of imide groups is 1. The lowest BCUT2D eigenvalue weighted by molar-refractivity contribution is -0.113. The molecule has 1 heterocycles. The van der Waals surface area contributed by atoms with E-state index in [0.29, 0.717) is 22.2 Å². The van der Waals surface area contributed by atoms with Crippen LogP contribution in [0.15, 0.2) is 47.4 Å². The maximum atomic E-state index is 12.6. The molecule has 0 N–H and O–H groups in total. The molecule has 7 heteroatoms. The number of amides is 2. The summed E-state index contributed by atoms with van der Waals surface area (Å²) < 4.78 is 6.46. The van der Waals surface area contributed by atoms with E-state index in [1.54, 1.807) is 30.3 Å². The molecule has 2 aromatic carbocycles. The van der Waals surface area contributed by atoms with Gasteiger partial charge in [0.05, 0.1) is 20.8 Å². The average molecular weight is 486 g/mol. The van der Waals surface area contributed by atoms with Crippen LogP contribution < -0.4 is 9.64 Å². The van der Waals surface area contributed by atoms with Crippen molar-refractivity contribution in [2.75, 3.05) is 11.5 Å². The lowest BCUT2D eigenvalue weighted by Gasteiger charge is -2.12. The monoisotopic (exact) mass is 485 g/mol. The van der Waals surface area contributed by atoms with Crippen LogP contribution in [0, 0.1) is 3.57 Å². The van der Waals surface area contributed by atoms with Gasteiger partial charge in [0.2, 0.25) is 0 Å². The second-order valence-corrected chi connectivity index (χ2v) is 7.71. The summed E-state index contributed by atoms with van der Waals surface area (Å²) in [5.41, 5.74) is 1.35. The maximum absolute atomic E-state index is 12.6. The van der Waals surface area contributed by atoms with Gasteiger partial charge in [0.25, 0.3) is 11.1 Å². The van der Waals surface area contributed by atoms with Crippen molar-refractivity contribution in [1.82, 2.24) is 0 Å². The molecule has 0 radical (unpaired) electrons. The zero-order chi connectivity index (χ0) is 18.0. The Morgan fingerprint density at radius 1 is 1.20 bits per heavy atom. The van der Waals surface area contributed by atoms with Gasteiger partial charge in [-0.05, 0) is 89.3 Å². The second kappa shape index (κ2) is 7.80. The van der Waals surface area contributed by atoms with Crippen molar-refractivity contribution in [3.05, 3.63) is 61.5 Å². The molecular formula is C18H13ClINO3S. The number of carbonyl (C=O) groups excluding carboxylic acids is 2. The van der Waals surface area contributed by atoms with E-state index in [9.17, 15) is 9.59 Å². The van der Waals surface area contributed by atoms with Crippen molar-refractivity contribution in [2.24, 2.45) is 0 Å². The molecule has 3 rings (SSSR count). The Balaban J connectivity index is 1.87. The minimum Gasteiger partial charge on any atom is -0.493 e. The van der Waals surface area contributed by atoms with Gasteiger partial charge in [0.15, 0.2) is 0 Å². The maximum Gasteiger partial charge on any atom is 0.298 e. The topological polar surface area (TPSA) is 46.6 Å². The summed E-state index contributed by atoms with van der Waals surface area (Å²) in [5, 5.41) is 0.231. The zero-order valence-electron chi connectivity index (χ0n) is 13.2. The largest absolute Gasteiger partial charge is 0.493 e. The number of hydrogen-bond donors (Lipinski definition) is 0. The minimum absolute atomic E-state index is 0.320. The summed E-state index contributed by atoms with van der Waals surface area (Å²) in [6.07, 6.45) is 1.72. The highest BCUT2D eigenvalue weighted by atomic mass is 127. The van der Waals surface area contributed by atoms with Gasteiger partial charge in [0.1, 0.15) is 5.75 Å². The highest BCUT2D eigenvalue weighted by Crippen LogP contribution is 2.36. The standard InChI is InChI=1S/C18H13ClINO3S/c1-2-24-15-8-3-11(9-14(15)20)10-16-17(22)21(18(23)25-16)13-6-4-12(19)5-7-13/h3-10H,2H2,1H3/b16-10+. The van der Waals surface area contributed by atoms with Crippen LogP contribution in [0.3, 0.4) is 0 Å². The first-order valence-corrected chi connectivity index (χ1v) is 9.73. The van der Waals surface area contributed by atoms with Crippen LogP contribution in [0.5, 0.6) is 5.75 Å². The van der Waals surface area contributed by atoms with Crippen molar-refractivity contribution in [2.45, 2.75) is 6.92 Å². The molecule has 1 fully saturated rings.